The topological polar surface area (TPSA) is 108 Å². The number of rotatable bonds is 12. The number of carboxylic acids is 1. The first-order valence-corrected chi connectivity index (χ1v) is 15.5. The maximum atomic E-state index is 12.0. The number of aliphatic carboxylic acids is 1. The molecule has 0 radical (unpaired) electrons. The Morgan fingerprint density at radius 2 is 1.53 bits per heavy atom. The fraction of sp³-hybridized carbons (Fsp3) is 0.351. The average molecular weight is 611 g/mol. The summed E-state index contributed by atoms with van der Waals surface area (Å²) in [6.07, 6.45) is -1.20. The van der Waals surface area contributed by atoms with Gasteiger partial charge in [0.15, 0.2) is 6.29 Å². The normalized spacial score (nSPS) is 20.6. The average Bonchev–Trinajstić information content (AvgIpc) is 3.07. The highest BCUT2D eigenvalue weighted by Crippen LogP contribution is 2.42. The van der Waals surface area contributed by atoms with Gasteiger partial charge in [-0.15, -0.1) is 0 Å². The van der Waals surface area contributed by atoms with Gasteiger partial charge in [0, 0.05) is 37.0 Å². The number of carboxylic acid groups (broad SMARTS) is 1. The summed E-state index contributed by atoms with van der Waals surface area (Å²) >= 11 is 0. The Morgan fingerprint density at radius 3 is 2.22 bits per heavy atom. The van der Waals surface area contributed by atoms with Crippen molar-refractivity contribution in [2.45, 2.75) is 64.4 Å². The van der Waals surface area contributed by atoms with E-state index in [0.29, 0.717) is 13.1 Å². The summed E-state index contributed by atoms with van der Waals surface area (Å²) in [5.41, 5.74) is 4.89. The van der Waals surface area contributed by atoms with Gasteiger partial charge in [0.1, 0.15) is 0 Å². The molecule has 8 nitrogen and oxygen atoms in total. The Labute approximate surface area is 264 Å². The lowest BCUT2D eigenvalue weighted by atomic mass is 9.89. The number of ether oxygens (including phenoxy) is 2. The van der Waals surface area contributed by atoms with E-state index in [0.717, 1.165) is 22.3 Å². The lowest BCUT2D eigenvalue weighted by Crippen LogP contribution is -2.44. The third-order valence-corrected chi connectivity index (χ3v) is 8.82. The predicted molar refractivity (Wildman–Crippen MR) is 173 cm³/mol. The number of aliphatic hydroxyl groups excluding tert-OH is 1. The van der Waals surface area contributed by atoms with Crippen molar-refractivity contribution in [1.29, 1.82) is 0 Å². The summed E-state index contributed by atoms with van der Waals surface area (Å²) in [5.74, 6) is -1.24. The van der Waals surface area contributed by atoms with Gasteiger partial charge in [0.25, 0.3) is 0 Å². The number of nitrogens with zero attached hydrogens (tertiary/aromatic N) is 1. The highest BCUT2D eigenvalue weighted by atomic mass is 16.7. The molecular formula is C37H42N2O6. The molecule has 0 aliphatic carbocycles. The molecule has 5 atom stereocenters. The summed E-state index contributed by atoms with van der Waals surface area (Å²) in [6, 6.07) is 30.8. The summed E-state index contributed by atoms with van der Waals surface area (Å²) in [5, 5.41) is 23.6. The molecule has 0 saturated carbocycles. The molecule has 236 valence electrons. The molecule has 4 aromatic carbocycles. The van der Waals surface area contributed by atoms with Gasteiger partial charge in [-0.3, -0.25) is 14.5 Å². The van der Waals surface area contributed by atoms with Crippen LogP contribution in [0.2, 0.25) is 0 Å². The Balaban J connectivity index is 1.32. The fourth-order valence-corrected chi connectivity index (χ4v) is 5.79. The van der Waals surface area contributed by atoms with E-state index in [1.165, 1.54) is 16.3 Å². The van der Waals surface area contributed by atoms with Crippen molar-refractivity contribution in [3.8, 4) is 0 Å². The third-order valence-electron chi connectivity index (χ3n) is 8.82. The van der Waals surface area contributed by atoms with Gasteiger partial charge < -0.3 is 25.0 Å². The summed E-state index contributed by atoms with van der Waals surface area (Å²) < 4.78 is 13.3. The Bertz CT molecular complexity index is 1590. The van der Waals surface area contributed by atoms with Gasteiger partial charge in [-0.05, 0) is 53.1 Å². The highest BCUT2D eigenvalue weighted by molar-refractivity contribution is 5.83. The second-order valence-corrected chi connectivity index (χ2v) is 12.0. The molecular weight excluding hydrogens is 568 g/mol. The van der Waals surface area contributed by atoms with Gasteiger partial charge in [0.05, 0.1) is 25.2 Å². The number of benzene rings is 4. The summed E-state index contributed by atoms with van der Waals surface area (Å²) in [4.78, 5) is 25.0. The van der Waals surface area contributed by atoms with E-state index in [1.54, 1.807) is 0 Å². The zero-order chi connectivity index (χ0) is 31.9. The Morgan fingerprint density at radius 1 is 0.867 bits per heavy atom. The first-order valence-electron chi connectivity index (χ1n) is 15.5. The number of hydrogen-bond acceptors (Lipinski definition) is 6. The first-order chi connectivity index (χ1) is 21.7. The molecule has 4 aromatic rings. The van der Waals surface area contributed by atoms with Crippen molar-refractivity contribution < 1.29 is 29.3 Å². The molecule has 1 heterocycles. The van der Waals surface area contributed by atoms with E-state index in [-0.39, 0.29) is 49.5 Å². The maximum absolute atomic E-state index is 12.0. The number of nitrogens with one attached hydrogen (secondary N) is 1. The standard InChI is InChI=1S/C37H42N2O6/c1-24-33(22-39(3)25(2)31-17-16-28-6-4-5-7-32(28)20-31)44-37(45-36(24)29-12-10-27(23-40)11-13-29)30-14-8-26(9-15-30)21-38-34(41)18-19-35(42)43/h4-17,20,24-25,33,36-37,40H,18-19,21-23H2,1-3H3,(H,38,41)(H,42,43)/t24-,25+,33+,36+,37+/m0/s1. The van der Waals surface area contributed by atoms with Crippen LogP contribution in [0.3, 0.4) is 0 Å². The lowest BCUT2D eigenvalue weighted by molar-refractivity contribution is -0.276. The molecule has 8 heteroatoms. The highest BCUT2D eigenvalue weighted by Gasteiger charge is 2.39. The van der Waals surface area contributed by atoms with Crippen LogP contribution in [0.1, 0.15) is 72.9 Å². The van der Waals surface area contributed by atoms with Crippen LogP contribution in [-0.4, -0.2) is 46.7 Å². The molecule has 0 unspecified atom stereocenters. The van der Waals surface area contributed by atoms with Gasteiger partial charge in [-0.2, -0.15) is 0 Å². The van der Waals surface area contributed by atoms with Crippen LogP contribution >= 0.6 is 0 Å². The van der Waals surface area contributed by atoms with Crippen molar-refractivity contribution in [3.05, 3.63) is 119 Å². The quantitative estimate of drug-likeness (QED) is 0.173. The number of likely N-dealkylation sites (N-methyl/N-ethyl adjacent to an activating group) is 1. The van der Waals surface area contributed by atoms with Crippen molar-refractivity contribution in [3.63, 3.8) is 0 Å². The summed E-state index contributed by atoms with van der Waals surface area (Å²) in [7, 11) is 2.13. The van der Waals surface area contributed by atoms with Crippen LogP contribution < -0.4 is 5.32 Å². The molecule has 0 bridgehead atoms. The van der Waals surface area contributed by atoms with E-state index in [2.05, 4.69) is 73.6 Å². The van der Waals surface area contributed by atoms with Crippen molar-refractivity contribution in [1.82, 2.24) is 10.2 Å². The van der Waals surface area contributed by atoms with Crippen LogP contribution in [0.15, 0.2) is 91.0 Å². The van der Waals surface area contributed by atoms with Gasteiger partial charge in [0.2, 0.25) is 5.91 Å². The zero-order valence-electron chi connectivity index (χ0n) is 26.1. The lowest BCUT2D eigenvalue weighted by Gasteiger charge is -2.43. The first kappa shape index (κ1) is 32.3. The van der Waals surface area contributed by atoms with E-state index < -0.39 is 12.3 Å². The van der Waals surface area contributed by atoms with Gasteiger partial charge in [-0.25, -0.2) is 0 Å². The monoisotopic (exact) mass is 610 g/mol. The molecule has 0 aromatic heterocycles. The van der Waals surface area contributed by atoms with Crippen LogP contribution in [-0.2, 0) is 32.2 Å². The minimum atomic E-state index is -0.994. The Kier molecular flexibility index (Phi) is 10.6. The number of carbonyl (C=O) groups excluding carboxylic acids is 1. The minimum Gasteiger partial charge on any atom is -0.481 e. The van der Waals surface area contributed by atoms with E-state index in [1.807, 2.05) is 48.5 Å². The van der Waals surface area contributed by atoms with Crippen molar-refractivity contribution in [2.24, 2.45) is 5.92 Å². The Hall–Kier alpha value is -4.08. The fourth-order valence-electron chi connectivity index (χ4n) is 5.79. The smallest absolute Gasteiger partial charge is 0.303 e. The van der Waals surface area contributed by atoms with Gasteiger partial charge >= 0.3 is 5.97 Å². The number of hydrogen-bond donors (Lipinski definition) is 3. The molecule has 5 rings (SSSR count). The largest absolute Gasteiger partial charge is 0.481 e. The molecule has 1 amide bonds. The van der Waals surface area contributed by atoms with E-state index in [9.17, 15) is 14.7 Å². The molecule has 0 spiro atoms. The predicted octanol–water partition coefficient (Wildman–Crippen LogP) is 6.30. The second-order valence-electron chi connectivity index (χ2n) is 12.0. The minimum absolute atomic E-state index is 0.0143. The SMILES string of the molecule is C[C@H]1[C@@H](CN(C)[C@H](C)c2ccc3ccccc3c2)O[C@@H](c2ccc(CNC(=O)CCC(=O)O)cc2)O[C@H]1c1ccc(CO)cc1. The number of fused-ring (bicyclic) bond motifs is 1. The molecule has 1 fully saturated rings. The number of amides is 1. The van der Waals surface area contributed by atoms with Crippen molar-refractivity contribution >= 4 is 22.6 Å². The summed E-state index contributed by atoms with van der Waals surface area (Å²) in [6.45, 7) is 5.37. The number of aliphatic hydroxyl groups is 1. The molecule has 3 N–H and O–H groups in total. The number of carbonyl (C=O) groups is 2. The molecule has 1 aliphatic heterocycles. The van der Waals surface area contributed by atoms with Crippen LogP contribution in [0.5, 0.6) is 0 Å². The van der Waals surface area contributed by atoms with E-state index >= 15 is 0 Å². The molecule has 45 heavy (non-hydrogen) atoms. The third kappa shape index (κ3) is 8.15. The molecule has 1 saturated heterocycles. The van der Waals surface area contributed by atoms with Crippen LogP contribution in [0.4, 0.5) is 0 Å². The van der Waals surface area contributed by atoms with E-state index in [4.69, 9.17) is 14.6 Å². The van der Waals surface area contributed by atoms with Gasteiger partial charge in [-0.1, -0.05) is 91.9 Å². The van der Waals surface area contributed by atoms with Crippen LogP contribution in [0, 0.1) is 5.92 Å². The zero-order valence-corrected chi connectivity index (χ0v) is 26.1. The maximum Gasteiger partial charge on any atom is 0.303 e. The molecule has 1 aliphatic rings. The van der Waals surface area contributed by atoms with Crippen molar-refractivity contribution in [2.75, 3.05) is 13.6 Å². The van der Waals surface area contributed by atoms with Crippen LogP contribution in [0.25, 0.3) is 10.8 Å². The second kappa shape index (κ2) is 14.8.